The molecule has 2 heterocycles. The van der Waals surface area contributed by atoms with Crippen molar-refractivity contribution >= 4 is 19.2 Å². The lowest BCUT2D eigenvalue weighted by Gasteiger charge is -2.32. The number of hydrogen-bond donors (Lipinski definition) is 2. The van der Waals surface area contributed by atoms with Crippen LogP contribution in [0.1, 0.15) is 27.7 Å². The number of amides is 1. The number of rotatable bonds is 2. The fraction of sp³-hybridized carbons (Fsp3) is 0.667. The molecule has 0 radical (unpaired) electrons. The zero-order valence-electron chi connectivity index (χ0n) is 11.9. The number of hydrogen-bond acceptors (Lipinski definition) is 4. The van der Waals surface area contributed by atoms with Gasteiger partial charge in [0.1, 0.15) is 0 Å². The molecule has 2 aliphatic heterocycles. The second kappa shape index (κ2) is 4.49. The zero-order valence-corrected chi connectivity index (χ0v) is 11.9. The minimum atomic E-state index is -1.28. The Balaban J connectivity index is 2.22. The van der Waals surface area contributed by atoms with Crippen LogP contribution in [0.25, 0.3) is 0 Å². The second-order valence-corrected chi connectivity index (χ2v) is 6.02. The molecule has 0 aromatic rings. The Morgan fingerprint density at radius 2 is 1.75 bits per heavy atom. The molecular weight excluding hydrogens is 265 g/mol. The van der Waals surface area contributed by atoms with Crippen LogP contribution in [0.3, 0.4) is 0 Å². The molecule has 2 rings (SSSR count). The molecule has 0 aliphatic carbocycles. The smallest absolute Gasteiger partial charge is 0.479 e. The highest BCUT2D eigenvalue weighted by atomic mass is 16.7. The lowest BCUT2D eigenvalue weighted by molar-refractivity contribution is -0.140. The van der Waals surface area contributed by atoms with Gasteiger partial charge in [0.05, 0.1) is 11.2 Å². The molecule has 1 saturated heterocycles. The molecule has 20 heavy (non-hydrogen) atoms. The number of carboxylic acid groups (broad SMARTS) is 2. The first kappa shape index (κ1) is 14.9. The van der Waals surface area contributed by atoms with Crippen molar-refractivity contribution in [2.45, 2.75) is 44.9 Å². The molecule has 8 heteroatoms. The molecule has 0 aromatic carbocycles. The summed E-state index contributed by atoms with van der Waals surface area (Å²) in [6.07, 6.45) is 0.110. The number of carboxylic acids is 1. The van der Waals surface area contributed by atoms with Crippen LogP contribution in [-0.2, 0) is 14.1 Å². The topological polar surface area (TPSA) is 96.3 Å². The Labute approximate surface area is 117 Å². The van der Waals surface area contributed by atoms with E-state index in [1.54, 1.807) is 0 Å². The number of carbonyl (C=O) groups is 2. The predicted molar refractivity (Wildman–Crippen MR) is 70.3 cm³/mol. The highest BCUT2D eigenvalue weighted by molar-refractivity contribution is 6.55. The van der Waals surface area contributed by atoms with E-state index in [9.17, 15) is 9.59 Å². The highest BCUT2D eigenvalue weighted by Crippen LogP contribution is 2.39. The molecule has 1 fully saturated rings. The second-order valence-electron chi connectivity index (χ2n) is 6.02. The van der Waals surface area contributed by atoms with Crippen LogP contribution in [0.15, 0.2) is 11.5 Å². The Morgan fingerprint density at radius 1 is 1.25 bits per heavy atom. The first-order valence-corrected chi connectivity index (χ1v) is 6.34. The Morgan fingerprint density at radius 3 is 2.10 bits per heavy atom. The van der Waals surface area contributed by atoms with Crippen molar-refractivity contribution in [1.29, 1.82) is 0 Å². The SMILES string of the molecule is CC1(C)OB(C2=CC(C(=O)O)N(C(=O)O)C2)OC1(C)C. The summed E-state index contributed by atoms with van der Waals surface area (Å²) < 4.78 is 11.6. The van der Waals surface area contributed by atoms with Gasteiger partial charge in [0.2, 0.25) is 0 Å². The molecule has 110 valence electrons. The fourth-order valence-electron chi connectivity index (χ4n) is 2.18. The standard InChI is InChI=1S/C12H18BNO6/c1-11(2)12(3,4)20-13(19-11)7-5-8(9(15)16)14(6-7)10(17)18/h5,8H,6H2,1-4H3,(H,15,16)(H,17,18). The minimum absolute atomic E-state index is 0.0247. The van der Waals surface area contributed by atoms with Crippen LogP contribution < -0.4 is 0 Å². The minimum Gasteiger partial charge on any atom is -0.479 e. The van der Waals surface area contributed by atoms with Crippen LogP contribution >= 0.6 is 0 Å². The first-order chi connectivity index (χ1) is 9.05. The van der Waals surface area contributed by atoms with E-state index in [-0.39, 0.29) is 6.54 Å². The van der Waals surface area contributed by atoms with Crippen LogP contribution in [0.2, 0.25) is 0 Å². The molecular formula is C12H18BNO6. The summed E-state index contributed by atoms with van der Waals surface area (Å²) in [5, 5.41) is 18.1. The monoisotopic (exact) mass is 283 g/mol. The molecule has 1 unspecified atom stereocenters. The van der Waals surface area contributed by atoms with Gasteiger partial charge in [-0.15, -0.1) is 0 Å². The summed E-state index contributed by atoms with van der Waals surface area (Å²) in [6.45, 7) is 7.50. The van der Waals surface area contributed by atoms with Crippen molar-refractivity contribution in [2.75, 3.05) is 6.54 Å². The van der Waals surface area contributed by atoms with Crippen molar-refractivity contribution < 1.29 is 29.1 Å². The Bertz CT molecular complexity index is 470. The maximum absolute atomic E-state index is 11.1. The van der Waals surface area contributed by atoms with E-state index < -0.39 is 36.4 Å². The lowest BCUT2D eigenvalue weighted by Crippen LogP contribution is -2.41. The summed E-state index contributed by atoms with van der Waals surface area (Å²) in [7, 11) is -0.716. The molecule has 7 nitrogen and oxygen atoms in total. The molecule has 0 aromatic heterocycles. The maximum atomic E-state index is 11.1. The molecule has 2 aliphatic rings. The molecule has 0 bridgehead atoms. The Kier molecular flexibility index (Phi) is 3.34. The van der Waals surface area contributed by atoms with Gasteiger partial charge in [-0.3, -0.25) is 4.90 Å². The van der Waals surface area contributed by atoms with Gasteiger partial charge in [-0.05, 0) is 33.2 Å². The zero-order chi connectivity index (χ0) is 15.3. The van der Waals surface area contributed by atoms with E-state index in [2.05, 4.69) is 0 Å². The van der Waals surface area contributed by atoms with Gasteiger partial charge in [0.15, 0.2) is 6.04 Å². The summed E-state index contributed by atoms with van der Waals surface area (Å²) in [6, 6.07) is -1.19. The van der Waals surface area contributed by atoms with Gasteiger partial charge < -0.3 is 19.5 Å². The van der Waals surface area contributed by atoms with Gasteiger partial charge in [-0.2, -0.15) is 0 Å². The van der Waals surface area contributed by atoms with E-state index in [1.807, 2.05) is 27.7 Å². The van der Waals surface area contributed by atoms with Crippen molar-refractivity contribution in [1.82, 2.24) is 4.90 Å². The third-order valence-electron chi connectivity index (χ3n) is 4.12. The molecule has 0 spiro atoms. The van der Waals surface area contributed by atoms with Crippen LogP contribution in [0.5, 0.6) is 0 Å². The van der Waals surface area contributed by atoms with Crippen molar-refractivity contribution in [3.05, 3.63) is 11.5 Å². The molecule has 2 N–H and O–H groups in total. The van der Waals surface area contributed by atoms with Gasteiger partial charge in [-0.25, -0.2) is 9.59 Å². The van der Waals surface area contributed by atoms with Crippen molar-refractivity contribution in [3.63, 3.8) is 0 Å². The van der Waals surface area contributed by atoms with Crippen molar-refractivity contribution in [2.24, 2.45) is 0 Å². The summed E-state index contributed by atoms with van der Waals surface area (Å²) in [5.41, 5.74) is -0.569. The third kappa shape index (κ3) is 2.29. The maximum Gasteiger partial charge on any atom is 0.492 e. The average Bonchev–Trinajstić information content (AvgIpc) is 2.79. The van der Waals surface area contributed by atoms with Gasteiger partial charge >= 0.3 is 19.2 Å². The lowest BCUT2D eigenvalue weighted by atomic mass is 9.78. The summed E-state index contributed by atoms with van der Waals surface area (Å²) >= 11 is 0. The van der Waals surface area contributed by atoms with Gasteiger partial charge in [-0.1, -0.05) is 6.08 Å². The number of aliphatic carboxylic acids is 1. The summed E-state index contributed by atoms with van der Waals surface area (Å²) in [4.78, 5) is 23.0. The fourth-order valence-corrected chi connectivity index (χ4v) is 2.18. The van der Waals surface area contributed by atoms with E-state index in [0.29, 0.717) is 5.47 Å². The van der Waals surface area contributed by atoms with E-state index in [0.717, 1.165) is 4.90 Å². The molecule has 1 atom stereocenters. The quantitative estimate of drug-likeness (QED) is 0.734. The normalized spacial score (nSPS) is 27.6. The van der Waals surface area contributed by atoms with Gasteiger partial charge in [0.25, 0.3) is 0 Å². The average molecular weight is 283 g/mol. The largest absolute Gasteiger partial charge is 0.492 e. The number of nitrogens with zero attached hydrogens (tertiary/aromatic N) is 1. The summed E-state index contributed by atoms with van der Waals surface area (Å²) in [5.74, 6) is -1.21. The van der Waals surface area contributed by atoms with Crippen LogP contribution in [-0.4, -0.2) is 58.1 Å². The van der Waals surface area contributed by atoms with E-state index in [1.165, 1.54) is 6.08 Å². The van der Waals surface area contributed by atoms with Crippen LogP contribution in [0, 0.1) is 0 Å². The van der Waals surface area contributed by atoms with Crippen molar-refractivity contribution in [3.8, 4) is 0 Å². The molecule has 0 saturated carbocycles. The first-order valence-electron chi connectivity index (χ1n) is 6.34. The third-order valence-corrected chi connectivity index (χ3v) is 4.12. The molecule has 1 amide bonds. The Hall–Kier alpha value is -1.54. The van der Waals surface area contributed by atoms with Gasteiger partial charge in [0, 0.05) is 6.54 Å². The van der Waals surface area contributed by atoms with E-state index in [4.69, 9.17) is 19.5 Å². The van der Waals surface area contributed by atoms with Crippen LogP contribution in [0.4, 0.5) is 4.79 Å². The predicted octanol–water partition coefficient (Wildman–Crippen LogP) is 0.991. The van der Waals surface area contributed by atoms with E-state index >= 15 is 0 Å². The highest BCUT2D eigenvalue weighted by Gasteiger charge is 2.54.